The van der Waals surface area contributed by atoms with Gasteiger partial charge in [-0.2, -0.15) is 0 Å². The second kappa shape index (κ2) is 8.51. The Labute approximate surface area is 181 Å². The van der Waals surface area contributed by atoms with Gasteiger partial charge in [0.25, 0.3) is 5.91 Å². The molecule has 2 aromatic heterocycles. The van der Waals surface area contributed by atoms with E-state index in [4.69, 9.17) is 9.72 Å². The molecule has 2 aromatic rings. The molecule has 2 fully saturated rings. The number of thiophene rings is 1. The van der Waals surface area contributed by atoms with Gasteiger partial charge in [-0.25, -0.2) is 9.97 Å². The van der Waals surface area contributed by atoms with Crippen molar-refractivity contribution in [1.29, 1.82) is 0 Å². The monoisotopic (exact) mass is 427 g/mol. The van der Waals surface area contributed by atoms with Crippen molar-refractivity contribution < 1.29 is 9.53 Å². The minimum atomic E-state index is 0.0428. The quantitative estimate of drug-likeness (QED) is 0.747. The van der Waals surface area contributed by atoms with Gasteiger partial charge in [-0.3, -0.25) is 9.69 Å². The van der Waals surface area contributed by atoms with Crippen LogP contribution in [0.1, 0.15) is 40.9 Å². The number of methoxy groups -OCH3 is 1. The molecule has 1 aliphatic carbocycles. The van der Waals surface area contributed by atoms with Crippen molar-refractivity contribution in [1.82, 2.24) is 19.8 Å². The Kier molecular flexibility index (Phi) is 5.60. The number of amides is 1. The number of carbonyl (C=O) groups excluding carboxylic acids is 1. The molecule has 0 N–H and O–H groups in total. The van der Waals surface area contributed by atoms with Crippen LogP contribution < -0.4 is 9.64 Å². The minimum absolute atomic E-state index is 0.0428. The molecule has 1 amide bonds. The Morgan fingerprint density at radius 3 is 2.63 bits per heavy atom. The van der Waals surface area contributed by atoms with E-state index in [2.05, 4.69) is 14.8 Å². The normalized spacial score (nSPS) is 20.4. The zero-order chi connectivity index (χ0) is 20.5. The highest BCUT2D eigenvalue weighted by molar-refractivity contribution is 7.08. The number of nitrogens with zero attached hydrogens (tertiary/aromatic N) is 5. The van der Waals surface area contributed by atoms with Crippen LogP contribution in [0.15, 0.2) is 17.0 Å². The molecule has 0 aromatic carbocycles. The van der Waals surface area contributed by atoms with Crippen LogP contribution in [0.5, 0.6) is 5.75 Å². The number of carbonyl (C=O) groups is 1. The lowest BCUT2D eigenvalue weighted by atomic mass is 9.91. The van der Waals surface area contributed by atoms with Crippen LogP contribution in [-0.4, -0.2) is 78.1 Å². The first-order valence-corrected chi connectivity index (χ1v) is 11.9. The van der Waals surface area contributed by atoms with Gasteiger partial charge in [-0.05, 0) is 24.8 Å². The number of hydrogen-bond donors (Lipinski definition) is 0. The highest BCUT2D eigenvalue weighted by Gasteiger charge is 2.29. The average Bonchev–Trinajstić information content (AvgIpc) is 3.12. The highest BCUT2D eigenvalue weighted by Crippen LogP contribution is 2.27. The van der Waals surface area contributed by atoms with Gasteiger partial charge in [0, 0.05) is 68.7 Å². The first-order chi connectivity index (χ1) is 14.7. The molecular formula is C22H29N5O2S. The van der Waals surface area contributed by atoms with Crippen LogP contribution in [0.2, 0.25) is 0 Å². The number of ether oxygens (including phenoxy) is 1. The summed E-state index contributed by atoms with van der Waals surface area (Å²) >= 11 is 1.50. The van der Waals surface area contributed by atoms with E-state index in [9.17, 15) is 4.79 Å². The molecule has 2 aliphatic heterocycles. The van der Waals surface area contributed by atoms with Gasteiger partial charge in [0.15, 0.2) is 0 Å². The molecule has 0 unspecified atom stereocenters. The Morgan fingerprint density at radius 2 is 1.90 bits per heavy atom. The van der Waals surface area contributed by atoms with E-state index >= 15 is 0 Å². The average molecular weight is 428 g/mol. The fourth-order valence-electron chi connectivity index (χ4n) is 4.63. The van der Waals surface area contributed by atoms with Crippen molar-refractivity contribution in [3.63, 3.8) is 0 Å². The van der Waals surface area contributed by atoms with E-state index in [0.29, 0.717) is 24.4 Å². The Morgan fingerprint density at radius 1 is 1.10 bits per heavy atom. The zero-order valence-corrected chi connectivity index (χ0v) is 18.4. The van der Waals surface area contributed by atoms with Crippen LogP contribution >= 0.6 is 11.3 Å². The first-order valence-electron chi connectivity index (χ1n) is 11.0. The molecule has 4 heterocycles. The summed E-state index contributed by atoms with van der Waals surface area (Å²) < 4.78 is 5.34. The van der Waals surface area contributed by atoms with Gasteiger partial charge in [0.1, 0.15) is 5.75 Å². The number of rotatable bonds is 4. The summed E-state index contributed by atoms with van der Waals surface area (Å²) in [5.41, 5.74) is 2.91. The molecule has 8 heteroatoms. The Balaban J connectivity index is 1.24. The lowest BCUT2D eigenvalue weighted by molar-refractivity contribution is 0.0760. The fourth-order valence-corrected chi connectivity index (χ4v) is 5.40. The molecule has 0 atom stereocenters. The van der Waals surface area contributed by atoms with Crippen LogP contribution in [0.4, 0.5) is 5.95 Å². The van der Waals surface area contributed by atoms with Gasteiger partial charge in [0.05, 0.1) is 18.4 Å². The van der Waals surface area contributed by atoms with Gasteiger partial charge < -0.3 is 14.5 Å². The van der Waals surface area contributed by atoms with Crippen molar-refractivity contribution >= 4 is 23.2 Å². The van der Waals surface area contributed by atoms with E-state index in [1.807, 2.05) is 21.9 Å². The van der Waals surface area contributed by atoms with Gasteiger partial charge in [-0.1, -0.05) is 6.42 Å². The van der Waals surface area contributed by atoms with E-state index in [1.165, 1.54) is 36.2 Å². The fraction of sp³-hybridized carbons (Fsp3) is 0.591. The molecule has 0 spiro atoms. The van der Waals surface area contributed by atoms with Crippen molar-refractivity contribution in [2.24, 2.45) is 0 Å². The van der Waals surface area contributed by atoms with E-state index in [1.54, 1.807) is 7.11 Å². The van der Waals surface area contributed by atoms with Crippen molar-refractivity contribution in [3.8, 4) is 5.75 Å². The summed E-state index contributed by atoms with van der Waals surface area (Å²) in [4.78, 5) is 29.5. The summed E-state index contributed by atoms with van der Waals surface area (Å²) in [6.07, 6.45) is 7.66. The largest absolute Gasteiger partial charge is 0.495 e. The molecule has 1 saturated carbocycles. The predicted molar refractivity (Wildman–Crippen MR) is 118 cm³/mol. The third-order valence-corrected chi connectivity index (χ3v) is 7.49. The van der Waals surface area contributed by atoms with E-state index in [-0.39, 0.29) is 5.91 Å². The van der Waals surface area contributed by atoms with Crippen molar-refractivity contribution in [2.45, 2.75) is 38.1 Å². The lowest BCUT2D eigenvalue weighted by Crippen LogP contribution is -2.52. The van der Waals surface area contributed by atoms with Gasteiger partial charge in [-0.15, -0.1) is 11.3 Å². The van der Waals surface area contributed by atoms with Gasteiger partial charge >= 0.3 is 0 Å². The number of hydrogen-bond acceptors (Lipinski definition) is 7. The molecule has 5 rings (SSSR count). The van der Waals surface area contributed by atoms with Crippen molar-refractivity contribution in [3.05, 3.63) is 33.8 Å². The summed E-state index contributed by atoms with van der Waals surface area (Å²) in [5.74, 6) is 1.55. The summed E-state index contributed by atoms with van der Waals surface area (Å²) in [7, 11) is 1.61. The molecule has 160 valence electrons. The zero-order valence-electron chi connectivity index (χ0n) is 17.5. The minimum Gasteiger partial charge on any atom is -0.495 e. The Bertz CT molecular complexity index is 905. The molecule has 1 saturated heterocycles. The number of piperazine rings is 1. The third-order valence-electron chi connectivity index (χ3n) is 6.76. The second-order valence-electron chi connectivity index (χ2n) is 8.40. The highest BCUT2D eigenvalue weighted by atomic mass is 32.1. The molecule has 7 nitrogen and oxygen atoms in total. The van der Waals surface area contributed by atoms with Crippen LogP contribution in [0, 0.1) is 0 Å². The number of aromatic nitrogens is 2. The second-order valence-corrected chi connectivity index (χ2v) is 9.14. The molecule has 0 radical (unpaired) electrons. The topological polar surface area (TPSA) is 61.8 Å². The van der Waals surface area contributed by atoms with Crippen molar-refractivity contribution in [2.75, 3.05) is 51.3 Å². The van der Waals surface area contributed by atoms with Gasteiger partial charge in [0.2, 0.25) is 5.95 Å². The molecule has 30 heavy (non-hydrogen) atoms. The maximum Gasteiger partial charge on any atom is 0.258 e. The van der Waals surface area contributed by atoms with Crippen LogP contribution in [0.25, 0.3) is 0 Å². The third kappa shape index (κ3) is 3.78. The SMILES string of the molecule is COc1cscc1C(=O)N1CCc2cnc(N3CCN(C4CCC4)CC3)nc2CC1. The van der Waals surface area contributed by atoms with Crippen LogP contribution in [0.3, 0.4) is 0 Å². The summed E-state index contributed by atoms with van der Waals surface area (Å²) in [6.45, 7) is 5.58. The molecule has 0 bridgehead atoms. The summed E-state index contributed by atoms with van der Waals surface area (Å²) in [6, 6.07) is 0.811. The Hall–Kier alpha value is -2.19. The standard InChI is InChI=1S/C22H29N5O2S/c1-29-20-15-30-14-18(20)21(28)26-7-5-16-13-23-22(24-19(16)6-8-26)27-11-9-25(10-12-27)17-3-2-4-17/h13-15,17H,2-12H2,1H3. The lowest BCUT2D eigenvalue weighted by Gasteiger charge is -2.43. The number of fused-ring (bicyclic) bond motifs is 1. The smallest absolute Gasteiger partial charge is 0.258 e. The molecule has 3 aliphatic rings. The van der Waals surface area contributed by atoms with E-state index in [0.717, 1.165) is 56.7 Å². The number of anilines is 1. The maximum absolute atomic E-state index is 13.0. The molecular weight excluding hydrogens is 398 g/mol. The maximum atomic E-state index is 13.0. The predicted octanol–water partition coefficient (Wildman–Crippen LogP) is 2.46. The first kappa shape index (κ1) is 19.8. The van der Waals surface area contributed by atoms with E-state index < -0.39 is 0 Å². The van der Waals surface area contributed by atoms with Crippen LogP contribution in [-0.2, 0) is 12.8 Å². The summed E-state index contributed by atoms with van der Waals surface area (Å²) in [5, 5.41) is 3.75.